The number of carbonyl (C=O) groups is 1. The van der Waals surface area contributed by atoms with Crippen LogP contribution in [0.25, 0.3) is 0 Å². The van der Waals surface area contributed by atoms with Crippen LogP contribution in [-0.2, 0) is 11.3 Å². The lowest BCUT2D eigenvalue weighted by Gasteiger charge is -2.11. The number of methoxy groups -OCH3 is 1. The van der Waals surface area contributed by atoms with Crippen LogP contribution in [0.15, 0.2) is 24.3 Å². The summed E-state index contributed by atoms with van der Waals surface area (Å²) in [4.78, 5) is 11.8. The summed E-state index contributed by atoms with van der Waals surface area (Å²) in [6.07, 6.45) is 2.78. The molecular formula is C15H22N2O2. The number of ether oxygens (including phenoxy) is 1. The molecule has 19 heavy (non-hydrogen) atoms. The van der Waals surface area contributed by atoms with Gasteiger partial charge < -0.3 is 15.4 Å². The van der Waals surface area contributed by atoms with E-state index >= 15 is 0 Å². The zero-order chi connectivity index (χ0) is 13.5. The maximum atomic E-state index is 11.8. The zero-order valence-corrected chi connectivity index (χ0v) is 11.4. The lowest BCUT2D eigenvalue weighted by atomic mass is 10.0. The predicted octanol–water partition coefficient (Wildman–Crippen LogP) is 1.70. The first kappa shape index (κ1) is 13.9. The van der Waals surface area contributed by atoms with Gasteiger partial charge in [0, 0.05) is 18.5 Å². The number of amides is 1. The third-order valence-electron chi connectivity index (χ3n) is 3.61. The zero-order valence-electron chi connectivity index (χ0n) is 11.4. The molecule has 1 fully saturated rings. The second kappa shape index (κ2) is 7.14. The van der Waals surface area contributed by atoms with Crippen LogP contribution in [0, 0.1) is 5.92 Å². The highest BCUT2D eigenvalue weighted by Gasteiger charge is 2.15. The van der Waals surface area contributed by atoms with Crippen LogP contribution in [0.4, 0.5) is 0 Å². The van der Waals surface area contributed by atoms with Gasteiger partial charge in [-0.15, -0.1) is 0 Å². The normalized spacial score (nSPS) is 18.3. The molecule has 2 N–H and O–H groups in total. The van der Waals surface area contributed by atoms with E-state index in [-0.39, 0.29) is 5.91 Å². The molecule has 0 bridgehead atoms. The summed E-state index contributed by atoms with van der Waals surface area (Å²) in [7, 11) is 1.65. The topological polar surface area (TPSA) is 50.4 Å². The molecule has 1 heterocycles. The Hall–Kier alpha value is -1.55. The molecule has 1 aromatic carbocycles. The van der Waals surface area contributed by atoms with Gasteiger partial charge in [-0.2, -0.15) is 0 Å². The van der Waals surface area contributed by atoms with E-state index < -0.39 is 0 Å². The van der Waals surface area contributed by atoms with E-state index in [0.717, 1.165) is 30.8 Å². The Balaban J connectivity index is 1.73. The lowest BCUT2D eigenvalue weighted by Crippen LogP contribution is -2.23. The van der Waals surface area contributed by atoms with Crippen molar-refractivity contribution in [3.63, 3.8) is 0 Å². The number of nitrogens with one attached hydrogen (secondary N) is 2. The molecule has 4 heteroatoms. The third-order valence-corrected chi connectivity index (χ3v) is 3.61. The van der Waals surface area contributed by atoms with Gasteiger partial charge in [-0.3, -0.25) is 4.79 Å². The van der Waals surface area contributed by atoms with Gasteiger partial charge in [0.05, 0.1) is 7.11 Å². The van der Waals surface area contributed by atoms with Gasteiger partial charge in [0.2, 0.25) is 5.91 Å². The molecule has 1 aliphatic rings. The standard InChI is InChI=1S/C15H22N2O2/c1-19-14-5-3-2-4-13(14)11-17-15(18)7-6-12-8-9-16-10-12/h2-5,12,16H,6-11H2,1H3,(H,17,18). The van der Waals surface area contributed by atoms with Gasteiger partial charge in [-0.05, 0) is 37.9 Å². The summed E-state index contributed by atoms with van der Waals surface area (Å²) < 4.78 is 5.26. The van der Waals surface area contributed by atoms with E-state index in [4.69, 9.17) is 4.74 Å². The van der Waals surface area contributed by atoms with Gasteiger partial charge in [-0.1, -0.05) is 18.2 Å². The van der Waals surface area contributed by atoms with Crippen LogP contribution in [0.1, 0.15) is 24.8 Å². The van der Waals surface area contributed by atoms with Crippen LogP contribution in [0.3, 0.4) is 0 Å². The molecule has 1 unspecified atom stereocenters. The quantitative estimate of drug-likeness (QED) is 0.820. The van der Waals surface area contributed by atoms with Crippen molar-refractivity contribution in [1.29, 1.82) is 0 Å². The molecule has 104 valence electrons. The Morgan fingerprint density at radius 2 is 2.32 bits per heavy atom. The Labute approximate surface area is 114 Å². The van der Waals surface area contributed by atoms with E-state index in [0.29, 0.717) is 18.9 Å². The summed E-state index contributed by atoms with van der Waals surface area (Å²) in [5.41, 5.74) is 1.01. The summed E-state index contributed by atoms with van der Waals surface area (Å²) in [6.45, 7) is 2.68. The van der Waals surface area contributed by atoms with Crippen LogP contribution >= 0.6 is 0 Å². The smallest absolute Gasteiger partial charge is 0.220 e. The average Bonchev–Trinajstić information content (AvgIpc) is 2.96. The molecule has 0 spiro atoms. The fourth-order valence-corrected chi connectivity index (χ4v) is 2.43. The van der Waals surface area contributed by atoms with Gasteiger partial charge in [-0.25, -0.2) is 0 Å². The van der Waals surface area contributed by atoms with E-state index in [2.05, 4.69) is 10.6 Å². The number of benzene rings is 1. The minimum Gasteiger partial charge on any atom is -0.496 e. The van der Waals surface area contributed by atoms with Crippen LogP contribution in [-0.4, -0.2) is 26.1 Å². The molecule has 0 radical (unpaired) electrons. The van der Waals surface area contributed by atoms with Crippen molar-refractivity contribution in [3.05, 3.63) is 29.8 Å². The van der Waals surface area contributed by atoms with Crippen molar-refractivity contribution in [3.8, 4) is 5.75 Å². The molecule has 1 aromatic rings. The minimum atomic E-state index is 0.123. The molecule has 0 aromatic heterocycles. The summed E-state index contributed by atoms with van der Waals surface area (Å²) in [6, 6.07) is 7.76. The molecule has 1 aliphatic heterocycles. The first-order valence-corrected chi connectivity index (χ1v) is 6.89. The molecular weight excluding hydrogens is 240 g/mol. The predicted molar refractivity (Wildman–Crippen MR) is 75.1 cm³/mol. The van der Waals surface area contributed by atoms with Crippen molar-refractivity contribution in [2.75, 3.05) is 20.2 Å². The van der Waals surface area contributed by atoms with Crippen molar-refractivity contribution >= 4 is 5.91 Å². The molecule has 0 saturated carbocycles. The summed E-state index contributed by atoms with van der Waals surface area (Å²) in [5, 5.41) is 6.28. The fourth-order valence-electron chi connectivity index (χ4n) is 2.43. The molecule has 4 nitrogen and oxygen atoms in total. The largest absolute Gasteiger partial charge is 0.496 e. The SMILES string of the molecule is COc1ccccc1CNC(=O)CCC1CCNC1. The van der Waals surface area contributed by atoms with E-state index in [1.165, 1.54) is 6.42 Å². The van der Waals surface area contributed by atoms with Crippen LogP contribution in [0.2, 0.25) is 0 Å². The van der Waals surface area contributed by atoms with Crippen molar-refractivity contribution < 1.29 is 9.53 Å². The Kier molecular flexibility index (Phi) is 5.21. The second-order valence-corrected chi connectivity index (χ2v) is 4.99. The highest BCUT2D eigenvalue weighted by Crippen LogP contribution is 2.17. The average molecular weight is 262 g/mol. The van der Waals surface area contributed by atoms with E-state index in [1.807, 2.05) is 24.3 Å². The second-order valence-electron chi connectivity index (χ2n) is 4.99. The first-order valence-electron chi connectivity index (χ1n) is 6.89. The monoisotopic (exact) mass is 262 g/mol. The van der Waals surface area contributed by atoms with Crippen LogP contribution in [0.5, 0.6) is 5.75 Å². The van der Waals surface area contributed by atoms with Gasteiger partial charge in [0.25, 0.3) is 0 Å². The van der Waals surface area contributed by atoms with Crippen LogP contribution < -0.4 is 15.4 Å². The number of rotatable bonds is 6. The Morgan fingerprint density at radius 3 is 3.05 bits per heavy atom. The Morgan fingerprint density at radius 1 is 1.47 bits per heavy atom. The fraction of sp³-hybridized carbons (Fsp3) is 0.533. The van der Waals surface area contributed by atoms with Gasteiger partial charge >= 0.3 is 0 Å². The van der Waals surface area contributed by atoms with E-state index in [9.17, 15) is 4.79 Å². The highest BCUT2D eigenvalue weighted by molar-refractivity contribution is 5.75. The lowest BCUT2D eigenvalue weighted by molar-refractivity contribution is -0.121. The summed E-state index contributed by atoms with van der Waals surface area (Å²) in [5.74, 6) is 1.61. The maximum absolute atomic E-state index is 11.8. The molecule has 1 saturated heterocycles. The first-order chi connectivity index (χ1) is 9.29. The van der Waals surface area contributed by atoms with Crippen molar-refractivity contribution in [1.82, 2.24) is 10.6 Å². The van der Waals surface area contributed by atoms with Crippen molar-refractivity contribution in [2.45, 2.75) is 25.8 Å². The molecule has 1 atom stereocenters. The molecule has 2 rings (SSSR count). The Bertz CT molecular complexity index is 414. The minimum absolute atomic E-state index is 0.123. The molecule has 0 aliphatic carbocycles. The van der Waals surface area contributed by atoms with Gasteiger partial charge in [0.1, 0.15) is 5.75 Å². The highest BCUT2D eigenvalue weighted by atomic mass is 16.5. The summed E-state index contributed by atoms with van der Waals surface area (Å²) >= 11 is 0. The number of carbonyl (C=O) groups excluding carboxylic acids is 1. The number of para-hydroxylation sites is 1. The van der Waals surface area contributed by atoms with E-state index in [1.54, 1.807) is 7.11 Å². The maximum Gasteiger partial charge on any atom is 0.220 e. The number of hydrogen-bond donors (Lipinski definition) is 2. The van der Waals surface area contributed by atoms with Gasteiger partial charge in [0.15, 0.2) is 0 Å². The third kappa shape index (κ3) is 4.24. The molecule has 1 amide bonds. The van der Waals surface area contributed by atoms with Crippen molar-refractivity contribution in [2.24, 2.45) is 5.92 Å². The number of hydrogen-bond acceptors (Lipinski definition) is 3.